The van der Waals surface area contributed by atoms with Crippen molar-refractivity contribution in [1.29, 1.82) is 0 Å². The molecule has 1 unspecified atom stereocenters. The normalized spacial score (nSPS) is 16.0. The van der Waals surface area contributed by atoms with Gasteiger partial charge in [0.1, 0.15) is 19.6 Å². The quantitative estimate of drug-likeness (QED) is 0.0553. The van der Waals surface area contributed by atoms with Crippen molar-refractivity contribution in [3.8, 4) is 0 Å². The number of amidine groups is 1. The molecule has 0 aliphatic carbocycles. The second kappa shape index (κ2) is 30.7. The fourth-order valence-electron chi connectivity index (χ4n) is 8.10. The van der Waals surface area contributed by atoms with Crippen molar-refractivity contribution in [2.24, 2.45) is 16.8 Å². The number of nitrogens with one attached hydrogen (secondary N) is 1. The van der Waals surface area contributed by atoms with E-state index in [2.05, 4.69) is 63.3 Å². The second-order valence-corrected chi connectivity index (χ2v) is 17.2. The highest BCUT2D eigenvalue weighted by atomic mass is 16.1. The van der Waals surface area contributed by atoms with Crippen LogP contribution >= 0.6 is 0 Å². The Morgan fingerprint density at radius 1 is 0.608 bits per heavy atom. The Kier molecular flexibility index (Phi) is 27.4. The summed E-state index contributed by atoms with van der Waals surface area (Å²) in [5, 5.41) is 3.30. The molecule has 1 aromatic rings. The lowest BCUT2D eigenvalue weighted by atomic mass is 10.0. The Hall–Kier alpha value is -1.68. The zero-order valence-electron chi connectivity index (χ0n) is 34.7. The SMILES string of the molecule is CC(C)CCCCCCCCCCCCCCC(=O)NCC[N+]1(Cc2ccccc2)CCN=C1CCCCCCCCCCCCCCC(C)C. The number of rotatable bonds is 35. The zero-order chi connectivity index (χ0) is 36.7. The van der Waals surface area contributed by atoms with Gasteiger partial charge in [-0.3, -0.25) is 9.28 Å². The van der Waals surface area contributed by atoms with Crippen molar-refractivity contribution in [2.45, 2.75) is 214 Å². The number of benzene rings is 1. The van der Waals surface area contributed by atoms with E-state index in [1.54, 1.807) is 0 Å². The van der Waals surface area contributed by atoms with Crippen LogP contribution in [-0.4, -0.2) is 42.4 Å². The summed E-state index contributed by atoms with van der Waals surface area (Å²) < 4.78 is 0.930. The monoisotopic (exact) mass is 709 g/mol. The number of quaternary nitrogens is 1. The van der Waals surface area contributed by atoms with Crippen molar-refractivity contribution in [2.75, 3.05) is 26.2 Å². The lowest BCUT2D eigenvalue weighted by Crippen LogP contribution is -2.53. The van der Waals surface area contributed by atoms with Crippen LogP contribution in [0.25, 0.3) is 0 Å². The summed E-state index contributed by atoms with van der Waals surface area (Å²) in [6.07, 6.45) is 37.4. The van der Waals surface area contributed by atoms with Gasteiger partial charge in [-0.15, -0.1) is 0 Å². The first kappa shape index (κ1) is 45.5. The molecule has 1 aliphatic heterocycles. The van der Waals surface area contributed by atoms with Crippen LogP contribution in [0.3, 0.4) is 0 Å². The highest BCUT2D eigenvalue weighted by molar-refractivity contribution is 5.77. The molecule has 0 bridgehead atoms. The van der Waals surface area contributed by atoms with Crippen molar-refractivity contribution < 1.29 is 9.28 Å². The van der Waals surface area contributed by atoms with Crippen LogP contribution in [0, 0.1) is 11.8 Å². The van der Waals surface area contributed by atoms with E-state index in [1.807, 2.05) is 0 Å². The Morgan fingerprint density at radius 3 is 1.51 bits per heavy atom. The highest BCUT2D eigenvalue weighted by Crippen LogP contribution is 2.24. The van der Waals surface area contributed by atoms with E-state index in [1.165, 1.54) is 172 Å². The number of carbonyl (C=O) groups excluding carboxylic acids is 1. The number of hydrogen-bond donors (Lipinski definition) is 1. The van der Waals surface area contributed by atoms with Crippen molar-refractivity contribution >= 4 is 11.7 Å². The summed E-state index contributed by atoms with van der Waals surface area (Å²) in [4.78, 5) is 17.9. The molecule has 0 aromatic heterocycles. The summed E-state index contributed by atoms with van der Waals surface area (Å²) in [5.41, 5.74) is 1.38. The van der Waals surface area contributed by atoms with Crippen LogP contribution < -0.4 is 5.32 Å². The smallest absolute Gasteiger partial charge is 0.220 e. The molecule has 2 rings (SSSR count). The fraction of sp³-hybridized carbons (Fsp3) is 0.830. The maximum absolute atomic E-state index is 12.8. The zero-order valence-corrected chi connectivity index (χ0v) is 34.7. The summed E-state index contributed by atoms with van der Waals surface area (Å²) in [6, 6.07) is 10.9. The minimum Gasteiger partial charge on any atom is -0.350 e. The van der Waals surface area contributed by atoms with Crippen LogP contribution in [0.5, 0.6) is 0 Å². The summed E-state index contributed by atoms with van der Waals surface area (Å²) >= 11 is 0. The molecule has 0 radical (unpaired) electrons. The minimum atomic E-state index is 0.237. The highest BCUT2D eigenvalue weighted by Gasteiger charge is 2.37. The van der Waals surface area contributed by atoms with Gasteiger partial charge in [0.05, 0.1) is 13.1 Å². The van der Waals surface area contributed by atoms with Gasteiger partial charge in [0.2, 0.25) is 5.91 Å². The number of hydrogen-bond acceptors (Lipinski definition) is 2. The maximum Gasteiger partial charge on any atom is 0.220 e. The van der Waals surface area contributed by atoms with Gasteiger partial charge < -0.3 is 5.32 Å². The van der Waals surface area contributed by atoms with Gasteiger partial charge in [-0.2, -0.15) is 0 Å². The first-order valence-corrected chi connectivity index (χ1v) is 22.6. The van der Waals surface area contributed by atoms with E-state index in [0.29, 0.717) is 6.42 Å². The number of nitrogens with zero attached hydrogens (tertiary/aromatic N) is 2. The van der Waals surface area contributed by atoms with E-state index in [9.17, 15) is 4.79 Å². The molecule has 1 amide bonds. The lowest BCUT2D eigenvalue weighted by molar-refractivity contribution is -0.849. The van der Waals surface area contributed by atoms with Gasteiger partial charge in [-0.05, 0) is 24.7 Å². The van der Waals surface area contributed by atoms with Gasteiger partial charge in [0, 0.05) is 18.4 Å². The Morgan fingerprint density at radius 2 is 1.04 bits per heavy atom. The predicted molar refractivity (Wildman–Crippen MR) is 224 cm³/mol. The molecule has 0 saturated carbocycles. The largest absolute Gasteiger partial charge is 0.350 e. The summed E-state index contributed by atoms with van der Waals surface area (Å²) in [7, 11) is 0. The van der Waals surface area contributed by atoms with Crippen LogP contribution in [0.1, 0.15) is 213 Å². The minimum absolute atomic E-state index is 0.237. The number of aliphatic imine (C=N–C) groups is 1. The fourth-order valence-corrected chi connectivity index (χ4v) is 8.10. The maximum atomic E-state index is 12.8. The molecular weight excluding hydrogens is 623 g/mol. The van der Waals surface area contributed by atoms with Crippen molar-refractivity contribution in [3.63, 3.8) is 0 Å². The van der Waals surface area contributed by atoms with Crippen LogP contribution in [0.15, 0.2) is 35.3 Å². The number of carbonyl (C=O) groups is 1. The molecule has 0 spiro atoms. The van der Waals surface area contributed by atoms with E-state index in [-0.39, 0.29) is 5.91 Å². The molecule has 294 valence electrons. The lowest BCUT2D eigenvalue weighted by Gasteiger charge is -2.35. The molecular formula is C47H86N3O+. The van der Waals surface area contributed by atoms with Crippen LogP contribution in [-0.2, 0) is 11.3 Å². The van der Waals surface area contributed by atoms with E-state index in [0.717, 1.165) is 61.9 Å². The molecule has 1 aromatic carbocycles. The van der Waals surface area contributed by atoms with E-state index in [4.69, 9.17) is 4.99 Å². The van der Waals surface area contributed by atoms with Crippen LogP contribution in [0.2, 0.25) is 0 Å². The molecule has 1 aliphatic rings. The third-order valence-corrected chi connectivity index (χ3v) is 11.4. The molecule has 0 saturated heterocycles. The Labute approximate surface area is 318 Å². The average Bonchev–Trinajstić information content (AvgIpc) is 3.50. The van der Waals surface area contributed by atoms with Gasteiger partial charge in [0.25, 0.3) is 0 Å². The topological polar surface area (TPSA) is 41.5 Å². The Bertz CT molecular complexity index is 973. The molecule has 51 heavy (non-hydrogen) atoms. The average molecular weight is 709 g/mol. The van der Waals surface area contributed by atoms with Crippen LogP contribution in [0.4, 0.5) is 0 Å². The second-order valence-electron chi connectivity index (χ2n) is 17.2. The molecule has 1 atom stereocenters. The molecule has 0 fully saturated rings. The van der Waals surface area contributed by atoms with Gasteiger partial charge >= 0.3 is 0 Å². The standard InChI is InChI=1S/C47H85N3O/c1-43(2)32-26-21-17-13-9-5-7-11-15-19-23-30-36-46-48-38-40-50(46,42-45-34-28-25-29-35-45)41-39-49-47(51)37-31-24-20-16-12-8-6-10-14-18-22-27-33-44(3)4/h25,28-29,34-35,43-44H,5-24,26-27,30-33,36-42H2,1-4H3/p+1. The summed E-state index contributed by atoms with van der Waals surface area (Å²) in [5.74, 6) is 3.34. The van der Waals surface area contributed by atoms with E-state index >= 15 is 0 Å². The number of unbranched alkanes of at least 4 members (excludes halogenated alkanes) is 22. The van der Waals surface area contributed by atoms with Gasteiger partial charge in [0.15, 0.2) is 5.84 Å². The number of amides is 1. The molecule has 4 heteroatoms. The first-order chi connectivity index (χ1) is 24.9. The third kappa shape index (κ3) is 24.3. The summed E-state index contributed by atoms with van der Waals surface area (Å²) in [6.45, 7) is 14.0. The van der Waals surface area contributed by atoms with Crippen molar-refractivity contribution in [3.05, 3.63) is 35.9 Å². The van der Waals surface area contributed by atoms with E-state index < -0.39 is 0 Å². The van der Waals surface area contributed by atoms with Crippen molar-refractivity contribution in [1.82, 2.24) is 5.32 Å². The first-order valence-electron chi connectivity index (χ1n) is 22.6. The van der Waals surface area contributed by atoms with Gasteiger partial charge in [-0.25, -0.2) is 4.99 Å². The molecule has 4 nitrogen and oxygen atoms in total. The predicted octanol–water partition coefficient (Wildman–Crippen LogP) is 13.8. The van der Waals surface area contributed by atoms with Gasteiger partial charge in [-0.1, -0.05) is 212 Å². The molecule has 1 heterocycles. The molecule has 1 N–H and O–H groups in total. The third-order valence-electron chi connectivity index (χ3n) is 11.4. The Balaban J connectivity index is 1.56.